The van der Waals surface area contributed by atoms with Gasteiger partial charge in [0.05, 0.1) is 17.5 Å². The molecule has 5 nitrogen and oxygen atoms in total. The van der Waals surface area contributed by atoms with Crippen molar-refractivity contribution in [2.75, 3.05) is 17.6 Å². The highest BCUT2D eigenvalue weighted by Gasteiger charge is 2.10. The van der Waals surface area contributed by atoms with Crippen LogP contribution in [0, 0.1) is 5.82 Å². The van der Waals surface area contributed by atoms with Crippen molar-refractivity contribution in [1.29, 1.82) is 0 Å². The molecule has 5 N–H and O–H groups in total. The number of nitrogens with two attached hydrogens (primary N) is 2. The van der Waals surface area contributed by atoms with Gasteiger partial charge in [0.2, 0.25) is 5.91 Å². The third-order valence-corrected chi connectivity index (χ3v) is 2.15. The van der Waals surface area contributed by atoms with E-state index in [1.165, 1.54) is 12.1 Å². The standard InChI is InChI=1S/C12H18FN3O2/c1-7(2)18-11-6-10(9(14)5-8(11)13)16-4-3-12(15)17/h5-7,16H,3-4,14H2,1-2H3,(H2,15,17). The van der Waals surface area contributed by atoms with Crippen molar-refractivity contribution in [3.63, 3.8) is 0 Å². The van der Waals surface area contributed by atoms with Crippen LogP contribution in [-0.2, 0) is 4.79 Å². The molecule has 0 heterocycles. The summed E-state index contributed by atoms with van der Waals surface area (Å²) in [4.78, 5) is 10.6. The zero-order chi connectivity index (χ0) is 13.7. The van der Waals surface area contributed by atoms with Gasteiger partial charge in [-0.15, -0.1) is 0 Å². The van der Waals surface area contributed by atoms with Gasteiger partial charge in [-0.05, 0) is 13.8 Å². The number of benzene rings is 1. The van der Waals surface area contributed by atoms with E-state index in [1.54, 1.807) is 13.8 Å². The second-order valence-corrected chi connectivity index (χ2v) is 4.18. The Balaban J connectivity index is 2.80. The number of hydrogen-bond acceptors (Lipinski definition) is 4. The summed E-state index contributed by atoms with van der Waals surface area (Å²) in [5, 5.41) is 2.91. The normalized spacial score (nSPS) is 10.4. The molecule has 0 spiro atoms. The number of nitrogen functional groups attached to an aromatic ring is 1. The number of hydrogen-bond donors (Lipinski definition) is 3. The molecular formula is C12H18FN3O2. The average Bonchev–Trinajstić information content (AvgIpc) is 2.23. The molecule has 6 heteroatoms. The quantitative estimate of drug-likeness (QED) is 0.671. The van der Waals surface area contributed by atoms with Gasteiger partial charge >= 0.3 is 0 Å². The summed E-state index contributed by atoms with van der Waals surface area (Å²) in [6, 6.07) is 2.66. The van der Waals surface area contributed by atoms with Crippen LogP contribution in [0.25, 0.3) is 0 Å². The molecule has 0 saturated heterocycles. The predicted octanol–water partition coefficient (Wildman–Crippen LogP) is 1.48. The van der Waals surface area contributed by atoms with Crippen LogP contribution in [0.2, 0.25) is 0 Å². The molecule has 0 atom stereocenters. The minimum Gasteiger partial charge on any atom is -0.488 e. The van der Waals surface area contributed by atoms with Gasteiger partial charge in [0.1, 0.15) is 0 Å². The van der Waals surface area contributed by atoms with Gasteiger partial charge in [0.25, 0.3) is 0 Å². The summed E-state index contributed by atoms with van der Waals surface area (Å²) < 4.78 is 18.8. The summed E-state index contributed by atoms with van der Waals surface area (Å²) >= 11 is 0. The maximum atomic E-state index is 13.5. The highest BCUT2D eigenvalue weighted by Crippen LogP contribution is 2.28. The molecule has 100 valence electrons. The molecule has 1 amide bonds. The van der Waals surface area contributed by atoms with Crippen LogP contribution >= 0.6 is 0 Å². The van der Waals surface area contributed by atoms with Gasteiger partial charge in [0.15, 0.2) is 11.6 Å². The van der Waals surface area contributed by atoms with E-state index in [9.17, 15) is 9.18 Å². The van der Waals surface area contributed by atoms with Gasteiger partial charge in [-0.2, -0.15) is 0 Å². The maximum Gasteiger partial charge on any atom is 0.219 e. The highest BCUT2D eigenvalue weighted by atomic mass is 19.1. The van der Waals surface area contributed by atoms with Gasteiger partial charge in [0, 0.05) is 25.1 Å². The van der Waals surface area contributed by atoms with Crippen LogP contribution in [0.1, 0.15) is 20.3 Å². The predicted molar refractivity (Wildman–Crippen MR) is 68.9 cm³/mol. The Morgan fingerprint density at radius 1 is 1.50 bits per heavy atom. The Morgan fingerprint density at radius 2 is 2.17 bits per heavy atom. The number of halogens is 1. The van der Waals surface area contributed by atoms with Crippen LogP contribution in [-0.4, -0.2) is 18.6 Å². The monoisotopic (exact) mass is 255 g/mol. The number of amides is 1. The van der Waals surface area contributed by atoms with E-state index in [0.29, 0.717) is 12.2 Å². The highest BCUT2D eigenvalue weighted by molar-refractivity contribution is 5.75. The van der Waals surface area contributed by atoms with Gasteiger partial charge in [-0.25, -0.2) is 4.39 Å². The van der Waals surface area contributed by atoms with E-state index < -0.39 is 11.7 Å². The number of nitrogens with one attached hydrogen (secondary N) is 1. The van der Waals surface area contributed by atoms with Crippen molar-refractivity contribution in [3.8, 4) is 5.75 Å². The lowest BCUT2D eigenvalue weighted by atomic mass is 10.2. The van der Waals surface area contributed by atoms with Crippen molar-refractivity contribution >= 4 is 17.3 Å². The molecule has 0 saturated carbocycles. The molecule has 0 aromatic heterocycles. The molecule has 1 rings (SSSR count). The van der Waals surface area contributed by atoms with Crippen LogP contribution in [0.3, 0.4) is 0 Å². The second-order valence-electron chi connectivity index (χ2n) is 4.18. The number of primary amides is 1. The van der Waals surface area contributed by atoms with Gasteiger partial charge in [-0.1, -0.05) is 0 Å². The molecule has 0 aliphatic carbocycles. The smallest absolute Gasteiger partial charge is 0.219 e. The second kappa shape index (κ2) is 6.09. The zero-order valence-electron chi connectivity index (χ0n) is 10.5. The van der Waals surface area contributed by atoms with Gasteiger partial charge < -0.3 is 21.5 Å². The average molecular weight is 255 g/mol. The van der Waals surface area contributed by atoms with Crippen molar-refractivity contribution in [2.45, 2.75) is 26.4 Å². The molecule has 1 aromatic rings. The first-order valence-corrected chi connectivity index (χ1v) is 5.68. The number of ether oxygens (including phenoxy) is 1. The zero-order valence-corrected chi connectivity index (χ0v) is 10.5. The first-order valence-electron chi connectivity index (χ1n) is 5.68. The minimum absolute atomic E-state index is 0.126. The number of carbonyl (C=O) groups is 1. The fraction of sp³-hybridized carbons (Fsp3) is 0.417. The van der Waals surface area contributed by atoms with Crippen LogP contribution in [0.5, 0.6) is 5.75 Å². The van der Waals surface area contributed by atoms with Crippen LogP contribution in [0.4, 0.5) is 15.8 Å². The summed E-state index contributed by atoms with van der Waals surface area (Å²) in [5.41, 5.74) is 11.5. The van der Waals surface area contributed by atoms with Gasteiger partial charge in [-0.3, -0.25) is 4.79 Å². The third kappa shape index (κ3) is 4.12. The Hall–Kier alpha value is -1.98. The molecular weight excluding hydrogens is 237 g/mol. The fourth-order valence-corrected chi connectivity index (χ4v) is 1.39. The molecule has 0 aliphatic rings. The lowest BCUT2D eigenvalue weighted by Crippen LogP contribution is -2.16. The fourth-order valence-electron chi connectivity index (χ4n) is 1.39. The number of anilines is 2. The van der Waals surface area contributed by atoms with E-state index in [1.807, 2.05) is 0 Å². The lowest BCUT2D eigenvalue weighted by Gasteiger charge is -2.14. The van der Waals surface area contributed by atoms with E-state index in [2.05, 4.69) is 5.32 Å². The number of carbonyl (C=O) groups excluding carboxylic acids is 1. The first kappa shape index (κ1) is 14.1. The Kier molecular flexibility index (Phi) is 4.76. The molecule has 0 fully saturated rings. The van der Waals surface area contributed by atoms with E-state index in [4.69, 9.17) is 16.2 Å². The van der Waals surface area contributed by atoms with Crippen molar-refractivity contribution in [2.24, 2.45) is 5.73 Å². The Morgan fingerprint density at radius 3 is 2.72 bits per heavy atom. The molecule has 1 aromatic carbocycles. The summed E-state index contributed by atoms with van der Waals surface area (Å²) in [6.45, 7) is 3.94. The Bertz CT molecular complexity index is 436. The van der Waals surface area contributed by atoms with E-state index in [-0.39, 0.29) is 24.0 Å². The molecule has 18 heavy (non-hydrogen) atoms. The van der Waals surface area contributed by atoms with Crippen LogP contribution in [0.15, 0.2) is 12.1 Å². The summed E-state index contributed by atoms with van der Waals surface area (Å²) in [7, 11) is 0. The lowest BCUT2D eigenvalue weighted by molar-refractivity contribution is -0.117. The minimum atomic E-state index is -0.512. The SMILES string of the molecule is CC(C)Oc1cc(NCCC(N)=O)c(N)cc1F. The summed E-state index contributed by atoms with van der Waals surface area (Å²) in [6.07, 6.45) is 0.0404. The molecule has 0 radical (unpaired) electrons. The van der Waals surface area contributed by atoms with E-state index in [0.717, 1.165) is 0 Å². The van der Waals surface area contributed by atoms with Crippen LogP contribution < -0.4 is 21.5 Å². The molecule has 0 bridgehead atoms. The van der Waals surface area contributed by atoms with E-state index >= 15 is 0 Å². The topological polar surface area (TPSA) is 90.4 Å². The Labute approximate surface area is 105 Å². The van der Waals surface area contributed by atoms with Crippen molar-refractivity contribution in [1.82, 2.24) is 0 Å². The maximum absolute atomic E-state index is 13.5. The third-order valence-electron chi connectivity index (χ3n) is 2.15. The first-order chi connectivity index (χ1) is 8.40. The largest absolute Gasteiger partial charge is 0.488 e. The van der Waals surface area contributed by atoms with Crippen molar-refractivity contribution in [3.05, 3.63) is 17.9 Å². The summed E-state index contributed by atoms with van der Waals surface area (Å²) in [5.74, 6) is -0.802. The molecule has 0 aliphatic heterocycles. The molecule has 0 unspecified atom stereocenters. The van der Waals surface area contributed by atoms with Crippen molar-refractivity contribution < 1.29 is 13.9 Å². The number of rotatable bonds is 6.